The van der Waals surface area contributed by atoms with E-state index in [1.54, 1.807) is 18.2 Å². The van der Waals surface area contributed by atoms with Crippen molar-refractivity contribution < 1.29 is 9.21 Å². The van der Waals surface area contributed by atoms with Crippen molar-refractivity contribution in [3.8, 4) is 0 Å². The number of benzene rings is 2. The summed E-state index contributed by atoms with van der Waals surface area (Å²) < 4.78 is 5.75. The van der Waals surface area contributed by atoms with Crippen molar-refractivity contribution in [1.29, 1.82) is 0 Å². The van der Waals surface area contributed by atoms with E-state index >= 15 is 0 Å². The normalized spacial score (nSPS) is 12.3. The number of carbonyl (C=O) groups is 1. The van der Waals surface area contributed by atoms with E-state index in [4.69, 9.17) is 27.6 Å². The average Bonchev–Trinajstić information content (AvgIpc) is 2.91. The van der Waals surface area contributed by atoms with E-state index in [2.05, 4.69) is 5.32 Å². The second kappa shape index (κ2) is 6.03. The number of amides is 1. The van der Waals surface area contributed by atoms with Gasteiger partial charge < -0.3 is 9.73 Å². The number of rotatable bonds is 3. The maximum absolute atomic E-state index is 12.3. The summed E-state index contributed by atoms with van der Waals surface area (Å²) in [5.74, 6) is 0.425. The van der Waals surface area contributed by atoms with Crippen molar-refractivity contribution in [3.63, 3.8) is 0 Å². The van der Waals surface area contributed by atoms with E-state index in [1.165, 1.54) is 0 Å². The number of hydrogen-bond donors (Lipinski definition) is 1. The van der Waals surface area contributed by atoms with Crippen LogP contribution in [0.15, 0.2) is 52.9 Å². The first kappa shape index (κ1) is 14.9. The molecule has 1 unspecified atom stereocenters. The Bertz CT molecular complexity index is 809. The van der Waals surface area contributed by atoms with Gasteiger partial charge in [-0.3, -0.25) is 4.79 Å². The second-order valence-corrected chi connectivity index (χ2v) is 5.85. The van der Waals surface area contributed by atoms with E-state index in [-0.39, 0.29) is 11.9 Å². The van der Waals surface area contributed by atoms with Gasteiger partial charge in [0.05, 0.1) is 16.6 Å². The van der Waals surface area contributed by atoms with Crippen LogP contribution in [0, 0.1) is 0 Å². The third kappa shape index (κ3) is 2.96. The lowest BCUT2D eigenvalue weighted by Gasteiger charge is -2.12. The molecule has 0 aliphatic heterocycles. The molecule has 1 atom stereocenters. The first-order valence-corrected chi connectivity index (χ1v) is 7.54. The number of fused-ring (bicyclic) bond motifs is 1. The minimum Gasteiger partial charge on any atom is -0.459 e. The van der Waals surface area contributed by atoms with Crippen LogP contribution in [-0.4, -0.2) is 5.91 Å². The Labute approximate surface area is 137 Å². The highest BCUT2D eigenvalue weighted by atomic mass is 35.5. The van der Waals surface area contributed by atoms with Gasteiger partial charge in [0.15, 0.2) is 0 Å². The fraction of sp³-hybridized carbons (Fsp3) is 0.118. The third-order valence-electron chi connectivity index (χ3n) is 3.39. The minimum absolute atomic E-state index is 0.269. The zero-order chi connectivity index (χ0) is 15.7. The minimum atomic E-state index is -0.272. The molecular formula is C17H13Cl2NO2. The van der Waals surface area contributed by atoms with Crippen LogP contribution in [0.1, 0.15) is 29.1 Å². The largest absolute Gasteiger partial charge is 0.459 e. The molecule has 3 rings (SSSR count). The van der Waals surface area contributed by atoms with Crippen LogP contribution in [0.2, 0.25) is 10.0 Å². The number of carbonyl (C=O) groups excluding carboxylic acids is 1. The highest BCUT2D eigenvalue weighted by Crippen LogP contribution is 2.25. The van der Waals surface area contributed by atoms with Crippen LogP contribution in [0.3, 0.4) is 0 Å². The molecule has 0 fully saturated rings. The molecule has 0 aliphatic rings. The monoisotopic (exact) mass is 333 g/mol. The third-order valence-corrected chi connectivity index (χ3v) is 3.94. The van der Waals surface area contributed by atoms with Gasteiger partial charge in [-0.15, -0.1) is 0 Å². The molecule has 1 N–H and O–H groups in total. The molecule has 2 aromatic carbocycles. The van der Waals surface area contributed by atoms with Crippen molar-refractivity contribution in [2.75, 3.05) is 0 Å². The molecule has 1 aromatic heterocycles. The van der Waals surface area contributed by atoms with Crippen LogP contribution in [0.4, 0.5) is 0 Å². The van der Waals surface area contributed by atoms with E-state index in [1.807, 2.05) is 37.3 Å². The Hall–Kier alpha value is -1.97. The van der Waals surface area contributed by atoms with Crippen LogP contribution >= 0.6 is 23.2 Å². The fourth-order valence-electron chi connectivity index (χ4n) is 2.23. The quantitative estimate of drug-likeness (QED) is 0.712. The standard InChI is InChI=1S/C17H13Cl2NO2/c1-10(16-8-11-4-2-3-5-15(11)22-16)20-17(21)13-7-6-12(18)9-14(13)19/h2-10H,1H3,(H,20,21). The summed E-state index contributed by atoms with van der Waals surface area (Å²) >= 11 is 11.9. The van der Waals surface area contributed by atoms with Gasteiger partial charge in [-0.2, -0.15) is 0 Å². The zero-order valence-electron chi connectivity index (χ0n) is 11.8. The molecule has 3 aromatic rings. The van der Waals surface area contributed by atoms with Crippen molar-refractivity contribution in [2.45, 2.75) is 13.0 Å². The molecule has 1 heterocycles. The maximum atomic E-state index is 12.3. The van der Waals surface area contributed by atoms with Gasteiger partial charge in [0.1, 0.15) is 11.3 Å². The first-order chi connectivity index (χ1) is 10.5. The summed E-state index contributed by atoms with van der Waals surface area (Å²) in [6, 6.07) is 14.1. The van der Waals surface area contributed by atoms with Gasteiger partial charge in [-0.05, 0) is 37.3 Å². The van der Waals surface area contributed by atoms with Crippen molar-refractivity contribution in [1.82, 2.24) is 5.32 Å². The molecule has 22 heavy (non-hydrogen) atoms. The van der Waals surface area contributed by atoms with Crippen molar-refractivity contribution in [3.05, 3.63) is 69.9 Å². The van der Waals surface area contributed by atoms with Gasteiger partial charge in [-0.1, -0.05) is 41.4 Å². The van der Waals surface area contributed by atoms with Crippen molar-refractivity contribution >= 4 is 40.1 Å². The summed E-state index contributed by atoms with van der Waals surface area (Å²) in [6.07, 6.45) is 0. The Kier molecular flexibility index (Phi) is 4.10. The van der Waals surface area contributed by atoms with Gasteiger partial charge in [-0.25, -0.2) is 0 Å². The molecular weight excluding hydrogens is 321 g/mol. The molecule has 0 spiro atoms. The second-order valence-electron chi connectivity index (χ2n) is 5.01. The molecule has 3 nitrogen and oxygen atoms in total. The number of para-hydroxylation sites is 1. The lowest BCUT2D eigenvalue weighted by Crippen LogP contribution is -2.26. The summed E-state index contributed by atoms with van der Waals surface area (Å²) in [5, 5.41) is 4.69. The predicted octanol–water partition coefficient (Wildman–Crippen LogP) is 5.23. The molecule has 0 aliphatic carbocycles. The van der Waals surface area contributed by atoms with Gasteiger partial charge >= 0.3 is 0 Å². The van der Waals surface area contributed by atoms with Crippen LogP contribution in [0.5, 0.6) is 0 Å². The fourth-order valence-corrected chi connectivity index (χ4v) is 2.73. The Morgan fingerprint density at radius 3 is 2.64 bits per heavy atom. The predicted molar refractivity (Wildman–Crippen MR) is 88.6 cm³/mol. The summed E-state index contributed by atoms with van der Waals surface area (Å²) in [6.45, 7) is 1.86. The molecule has 0 saturated heterocycles. The molecule has 1 amide bonds. The first-order valence-electron chi connectivity index (χ1n) is 6.79. The lowest BCUT2D eigenvalue weighted by atomic mass is 10.1. The summed E-state index contributed by atoms with van der Waals surface area (Å²) in [7, 11) is 0. The van der Waals surface area contributed by atoms with Crippen LogP contribution in [-0.2, 0) is 0 Å². The number of nitrogens with one attached hydrogen (secondary N) is 1. The van der Waals surface area contributed by atoms with Crippen LogP contribution < -0.4 is 5.32 Å². The zero-order valence-corrected chi connectivity index (χ0v) is 13.3. The molecule has 112 valence electrons. The topological polar surface area (TPSA) is 42.2 Å². The van der Waals surface area contributed by atoms with E-state index < -0.39 is 0 Å². The summed E-state index contributed by atoms with van der Waals surface area (Å²) in [5.41, 5.74) is 1.18. The molecule has 0 radical (unpaired) electrons. The highest BCUT2D eigenvalue weighted by Gasteiger charge is 2.17. The van der Waals surface area contributed by atoms with E-state index in [9.17, 15) is 4.79 Å². The van der Waals surface area contributed by atoms with Gasteiger partial charge in [0.25, 0.3) is 5.91 Å². The average molecular weight is 334 g/mol. The summed E-state index contributed by atoms with van der Waals surface area (Å²) in [4.78, 5) is 12.3. The SMILES string of the molecule is CC(NC(=O)c1ccc(Cl)cc1Cl)c1cc2ccccc2o1. The van der Waals surface area contributed by atoms with E-state index in [0.29, 0.717) is 21.4 Å². The molecule has 0 saturated carbocycles. The van der Waals surface area contributed by atoms with Gasteiger partial charge in [0, 0.05) is 10.4 Å². The number of hydrogen-bond acceptors (Lipinski definition) is 2. The van der Waals surface area contributed by atoms with Gasteiger partial charge in [0.2, 0.25) is 0 Å². The number of furan rings is 1. The highest BCUT2D eigenvalue weighted by molar-refractivity contribution is 6.36. The Balaban J connectivity index is 1.81. The molecule has 5 heteroatoms. The van der Waals surface area contributed by atoms with Crippen LogP contribution in [0.25, 0.3) is 11.0 Å². The van der Waals surface area contributed by atoms with Crippen molar-refractivity contribution in [2.24, 2.45) is 0 Å². The molecule has 0 bridgehead atoms. The number of halogens is 2. The lowest BCUT2D eigenvalue weighted by molar-refractivity contribution is 0.0936. The Morgan fingerprint density at radius 1 is 1.14 bits per heavy atom. The smallest absolute Gasteiger partial charge is 0.253 e. The van der Waals surface area contributed by atoms with E-state index in [0.717, 1.165) is 11.0 Å². The Morgan fingerprint density at radius 2 is 1.91 bits per heavy atom. The maximum Gasteiger partial charge on any atom is 0.253 e.